The van der Waals surface area contributed by atoms with E-state index in [2.05, 4.69) is 20.8 Å². The Morgan fingerprint density at radius 1 is 0.875 bits per heavy atom. The molecule has 3 saturated carbocycles. The number of halogens is 1. The number of alkyl halides is 1. The van der Waals surface area contributed by atoms with Gasteiger partial charge in [0.15, 0.2) is 0 Å². The van der Waals surface area contributed by atoms with Gasteiger partial charge in [0.1, 0.15) is 6.17 Å². The predicted octanol–water partition coefficient (Wildman–Crippen LogP) is 5.25. The first kappa shape index (κ1) is 18.6. The summed E-state index contributed by atoms with van der Waals surface area (Å²) in [6.45, 7) is 7.81. The molecular weight excluding hydrogens is 303 g/mol. The van der Waals surface area contributed by atoms with Crippen LogP contribution in [0.15, 0.2) is 0 Å². The van der Waals surface area contributed by atoms with Crippen molar-refractivity contribution in [3.8, 4) is 0 Å². The molecule has 0 bridgehead atoms. The Morgan fingerprint density at radius 2 is 1.58 bits per heavy atom. The molecule has 7 atom stereocenters. The van der Waals surface area contributed by atoms with Crippen molar-refractivity contribution in [2.24, 2.45) is 35.5 Å². The largest absolute Gasteiger partial charge is 0.378 e. The van der Waals surface area contributed by atoms with Gasteiger partial charge < -0.3 is 9.47 Å². The maximum absolute atomic E-state index is 14.9. The molecule has 0 saturated heterocycles. The molecule has 3 heteroatoms. The quantitative estimate of drug-likeness (QED) is 0.695. The molecule has 140 valence electrons. The molecule has 0 radical (unpaired) electrons. The molecule has 24 heavy (non-hydrogen) atoms. The van der Waals surface area contributed by atoms with Crippen molar-refractivity contribution in [3.63, 3.8) is 0 Å². The van der Waals surface area contributed by atoms with E-state index >= 15 is 0 Å². The number of methoxy groups -OCH3 is 1. The third-order valence-corrected chi connectivity index (χ3v) is 7.63. The number of hydrogen-bond acceptors (Lipinski definition) is 2. The van der Waals surface area contributed by atoms with Gasteiger partial charge in [0, 0.05) is 13.7 Å². The van der Waals surface area contributed by atoms with Crippen LogP contribution < -0.4 is 0 Å². The van der Waals surface area contributed by atoms with Crippen molar-refractivity contribution in [1.29, 1.82) is 0 Å². The molecule has 3 fully saturated rings. The Kier molecular flexibility index (Phi) is 6.24. The van der Waals surface area contributed by atoms with Gasteiger partial charge in [0.2, 0.25) is 0 Å². The average Bonchev–Trinajstić information content (AvgIpc) is 2.58. The molecule has 0 spiro atoms. The molecule has 0 amide bonds. The Hall–Kier alpha value is -0.150. The lowest BCUT2D eigenvalue weighted by atomic mass is 9.60. The second-order valence-electron chi connectivity index (χ2n) is 9.08. The van der Waals surface area contributed by atoms with Crippen molar-refractivity contribution >= 4 is 0 Å². The van der Waals surface area contributed by atoms with E-state index in [4.69, 9.17) is 9.47 Å². The molecule has 3 aliphatic carbocycles. The van der Waals surface area contributed by atoms with Crippen LogP contribution in [0.5, 0.6) is 0 Å². The Balaban J connectivity index is 1.55. The van der Waals surface area contributed by atoms with E-state index in [1.54, 1.807) is 7.11 Å². The van der Waals surface area contributed by atoms with Crippen LogP contribution in [-0.4, -0.2) is 32.1 Å². The molecule has 0 aromatic heterocycles. The lowest BCUT2D eigenvalue weighted by Crippen LogP contribution is -2.51. The molecule has 0 aromatic rings. The minimum atomic E-state index is -0.799. The number of ether oxygens (including phenoxy) is 2. The highest BCUT2D eigenvalue weighted by molar-refractivity contribution is 4.98. The zero-order valence-electron chi connectivity index (χ0n) is 16.0. The van der Waals surface area contributed by atoms with Gasteiger partial charge in [-0.25, -0.2) is 4.39 Å². The summed E-state index contributed by atoms with van der Waals surface area (Å²) in [6.07, 6.45) is 7.72. The first-order valence-electron chi connectivity index (χ1n) is 10.3. The monoisotopic (exact) mass is 340 g/mol. The topological polar surface area (TPSA) is 18.5 Å². The maximum atomic E-state index is 14.9. The second-order valence-corrected chi connectivity index (χ2v) is 9.08. The highest BCUT2D eigenvalue weighted by atomic mass is 19.1. The van der Waals surface area contributed by atoms with Crippen molar-refractivity contribution < 1.29 is 13.9 Å². The smallest absolute Gasteiger partial charge is 0.129 e. The lowest BCUT2D eigenvalue weighted by molar-refractivity contribution is -0.132. The van der Waals surface area contributed by atoms with Crippen LogP contribution in [0.2, 0.25) is 0 Å². The summed E-state index contributed by atoms with van der Waals surface area (Å²) in [5.41, 5.74) is 0. The SMILES string of the molecule is COC1CCC2CC(OCC3CCC(C)CC3)C(C)C(C)C2C1F. The third kappa shape index (κ3) is 3.82. The zero-order valence-corrected chi connectivity index (χ0v) is 16.0. The van der Waals surface area contributed by atoms with Crippen molar-refractivity contribution in [3.05, 3.63) is 0 Å². The molecule has 3 aliphatic rings. The lowest BCUT2D eigenvalue weighted by Gasteiger charge is -2.50. The highest BCUT2D eigenvalue weighted by Gasteiger charge is 2.49. The maximum Gasteiger partial charge on any atom is 0.129 e. The van der Waals surface area contributed by atoms with Gasteiger partial charge in [-0.3, -0.25) is 0 Å². The predicted molar refractivity (Wildman–Crippen MR) is 95.7 cm³/mol. The summed E-state index contributed by atoms with van der Waals surface area (Å²) in [5, 5.41) is 0. The molecule has 7 unspecified atom stereocenters. The van der Waals surface area contributed by atoms with Crippen LogP contribution in [0, 0.1) is 35.5 Å². The fraction of sp³-hybridized carbons (Fsp3) is 1.00. The van der Waals surface area contributed by atoms with Crippen molar-refractivity contribution in [2.45, 2.75) is 84.1 Å². The molecular formula is C21H37FO2. The van der Waals surface area contributed by atoms with Gasteiger partial charge in [-0.1, -0.05) is 33.6 Å². The summed E-state index contributed by atoms with van der Waals surface area (Å²) < 4.78 is 26.7. The Labute approximate surface area is 147 Å². The zero-order chi connectivity index (χ0) is 17.3. The summed E-state index contributed by atoms with van der Waals surface area (Å²) in [7, 11) is 1.66. The van der Waals surface area contributed by atoms with Crippen LogP contribution in [0.3, 0.4) is 0 Å². The van der Waals surface area contributed by atoms with E-state index in [0.29, 0.717) is 23.9 Å². The molecule has 0 aliphatic heterocycles. The summed E-state index contributed by atoms with van der Waals surface area (Å²) >= 11 is 0. The van der Waals surface area contributed by atoms with Gasteiger partial charge >= 0.3 is 0 Å². The van der Waals surface area contributed by atoms with Crippen molar-refractivity contribution in [1.82, 2.24) is 0 Å². The van der Waals surface area contributed by atoms with Gasteiger partial charge in [0.25, 0.3) is 0 Å². The van der Waals surface area contributed by atoms with Gasteiger partial charge in [0.05, 0.1) is 12.2 Å². The Bertz CT molecular complexity index is 391. The first-order valence-corrected chi connectivity index (χ1v) is 10.3. The van der Waals surface area contributed by atoms with Gasteiger partial charge in [-0.2, -0.15) is 0 Å². The average molecular weight is 341 g/mol. The van der Waals surface area contributed by atoms with E-state index in [1.165, 1.54) is 25.7 Å². The summed E-state index contributed by atoms with van der Waals surface area (Å²) in [5.74, 6) is 3.12. The fourth-order valence-corrected chi connectivity index (χ4v) is 5.66. The van der Waals surface area contributed by atoms with E-state index in [1.807, 2.05) is 0 Å². The van der Waals surface area contributed by atoms with Crippen LogP contribution in [0.4, 0.5) is 4.39 Å². The minimum absolute atomic E-state index is 0.161. The third-order valence-electron chi connectivity index (χ3n) is 7.63. The van der Waals surface area contributed by atoms with E-state index in [0.717, 1.165) is 37.7 Å². The Morgan fingerprint density at radius 3 is 2.25 bits per heavy atom. The molecule has 0 aromatic carbocycles. The van der Waals surface area contributed by atoms with E-state index < -0.39 is 6.17 Å². The number of hydrogen-bond donors (Lipinski definition) is 0. The number of rotatable bonds is 4. The van der Waals surface area contributed by atoms with Crippen LogP contribution >= 0.6 is 0 Å². The van der Waals surface area contributed by atoms with Gasteiger partial charge in [-0.05, 0) is 67.6 Å². The minimum Gasteiger partial charge on any atom is -0.378 e. The van der Waals surface area contributed by atoms with E-state index in [9.17, 15) is 4.39 Å². The summed E-state index contributed by atoms with van der Waals surface area (Å²) in [6, 6.07) is 0. The van der Waals surface area contributed by atoms with Gasteiger partial charge in [-0.15, -0.1) is 0 Å². The van der Waals surface area contributed by atoms with Crippen LogP contribution in [-0.2, 0) is 9.47 Å². The summed E-state index contributed by atoms with van der Waals surface area (Å²) in [4.78, 5) is 0. The van der Waals surface area contributed by atoms with Crippen molar-refractivity contribution in [2.75, 3.05) is 13.7 Å². The number of fused-ring (bicyclic) bond motifs is 1. The first-order chi connectivity index (χ1) is 11.5. The standard InChI is InChI=1S/C21H37FO2/c1-13-5-7-16(8-6-13)12-24-19-11-17-9-10-18(23-4)21(22)20(17)15(3)14(19)2/h13-21H,5-12H2,1-4H3. The van der Waals surface area contributed by atoms with Crippen LogP contribution in [0.25, 0.3) is 0 Å². The normalized spacial score (nSPS) is 49.6. The van der Waals surface area contributed by atoms with E-state index in [-0.39, 0.29) is 12.0 Å². The molecule has 2 nitrogen and oxygen atoms in total. The van der Waals surface area contributed by atoms with Crippen LogP contribution in [0.1, 0.15) is 65.7 Å². The fourth-order valence-electron chi connectivity index (χ4n) is 5.66. The molecule has 0 heterocycles. The highest BCUT2D eigenvalue weighted by Crippen LogP contribution is 2.48. The molecule has 0 N–H and O–H groups in total. The molecule has 3 rings (SSSR count). The second kappa shape index (κ2) is 8.03.